The number of benzene rings is 1. The van der Waals surface area contributed by atoms with Crippen LogP contribution in [0.3, 0.4) is 0 Å². The second kappa shape index (κ2) is 5.36. The zero-order chi connectivity index (χ0) is 14.0. The van der Waals surface area contributed by atoms with Crippen molar-refractivity contribution in [2.24, 2.45) is 0 Å². The van der Waals surface area contributed by atoms with Crippen molar-refractivity contribution in [2.45, 2.75) is 11.8 Å². The molecule has 0 unspecified atom stereocenters. The van der Waals surface area contributed by atoms with Crippen molar-refractivity contribution in [3.05, 3.63) is 52.3 Å². The van der Waals surface area contributed by atoms with Crippen LogP contribution in [0.5, 0.6) is 0 Å². The van der Waals surface area contributed by atoms with E-state index in [4.69, 9.17) is 23.2 Å². The lowest BCUT2D eigenvalue weighted by atomic mass is 10.2. The van der Waals surface area contributed by atoms with E-state index >= 15 is 0 Å². The van der Waals surface area contributed by atoms with Gasteiger partial charge in [0.2, 0.25) is 0 Å². The van der Waals surface area contributed by atoms with Gasteiger partial charge in [0.05, 0.1) is 10.7 Å². The van der Waals surface area contributed by atoms with Gasteiger partial charge in [0.25, 0.3) is 10.0 Å². The summed E-state index contributed by atoms with van der Waals surface area (Å²) in [5, 5.41) is 0.505. The lowest BCUT2D eigenvalue weighted by molar-refractivity contribution is 0.601. The lowest BCUT2D eigenvalue weighted by Crippen LogP contribution is -2.13. The molecule has 1 aromatic carbocycles. The predicted octanol–water partition coefficient (Wildman–Crippen LogP) is 3.50. The molecular formula is C12H10Cl2N2O2S. The number of rotatable bonds is 3. The summed E-state index contributed by atoms with van der Waals surface area (Å²) in [6, 6.07) is 5.95. The minimum atomic E-state index is -3.75. The zero-order valence-corrected chi connectivity index (χ0v) is 12.2. The molecule has 2 rings (SSSR count). The summed E-state index contributed by atoms with van der Waals surface area (Å²) in [5.74, 6) is 0. The molecule has 0 aliphatic rings. The normalized spacial score (nSPS) is 11.3. The first kappa shape index (κ1) is 14.1. The third-order valence-corrected chi connectivity index (χ3v) is 4.69. The fourth-order valence-corrected chi connectivity index (χ4v) is 3.36. The van der Waals surface area contributed by atoms with Crippen LogP contribution >= 0.6 is 23.2 Å². The minimum Gasteiger partial charge on any atom is -0.279 e. The van der Waals surface area contributed by atoms with Crippen LogP contribution in [0, 0.1) is 6.92 Å². The SMILES string of the molecule is Cc1cc(S(=O)(=O)Nc2ccncc2)c(Cl)cc1Cl. The number of aryl methyl sites for hydroxylation is 1. The zero-order valence-electron chi connectivity index (χ0n) is 9.89. The maximum atomic E-state index is 12.2. The van der Waals surface area contributed by atoms with Crippen LogP contribution in [0.2, 0.25) is 10.0 Å². The van der Waals surface area contributed by atoms with Crippen molar-refractivity contribution < 1.29 is 8.42 Å². The van der Waals surface area contributed by atoms with E-state index in [1.165, 1.54) is 24.5 Å². The third kappa shape index (κ3) is 3.18. The monoisotopic (exact) mass is 316 g/mol. The van der Waals surface area contributed by atoms with Crippen LogP contribution in [0.25, 0.3) is 0 Å². The summed E-state index contributed by atoms with van der Waals surface area (Å²) >= 11 is 11.8. The standard InChI is InChI=1S/C12H10Cl2N2O2S/c1-8-6-12(11(14)7-10(8)13)19(17,18)16-9-2-4-15-5-3-9/h2-7H,1H3,(H,15,16). The van der Waals surface area contributed by atoms with Crippen molar-refractivity contribution >= 4 is 38.9 Å². The molecule has 0 aliphatic heterocycles. The van der Waals surface area contributed by atoms with Gasteiger partial charge in [0.1, 0.15) is 4.90 Å². The molecule has 1 N–H and O–H groups in total. The Morgan fingerprint density at radius 1 is 1.11 bits per heavy atom. The van der Waals surface area contributed by atoms with Gasteiger partial charge in [0.15, 0.2) is 0 Å². The first-order chi connectivity index (χ1) is 8.90. The summed E-state index contributed by atoms with van der Waals surface area (Å²) in [6.07, 6.45) is 2.99. The number of nitrogens with zero attached hydrogens (tertiary/aromatic N) is 1. The average molecular weight is 317 g/mol. The van der Waals surface area contributed by atoms with E-state index in [2.05, 4.69) is 9.71 Å². The Labute approximate surface area is 121 Å². The molecule has 7 heteroatoms. The Hall–Kier alpha value is -1.30. The molecule has 0 bridgehead atoms. The van der Waals surface area contributed by atoms with Crippen LogP contribution in [0.4, 0.5) is 5.69 Å². The van der Waals surface area contributed by atoms with E-state index in [1.54, 1.807) is 19.1 Å². The van der Waals surface area contributed by atoms with Crippen molar-refractivity contribution in [2.75, 3.05) is 4.72 Å². The van der Waals surface area contributed by atoms with Gasteiger partial charge in [-0.3, -0.25) is 9.71 Å². The smallest absolute Gasteiger partial charge is 0.263 e. The number of anilines is 1. The van der Waals surface area contributed by atoms with E-state index in [9.17, 15) is 8.42 Å². The van der Waals surface area contributed by atoms with Gasteiger partial charge in [-0.25, -0.2) is 8.42 Å². The summed E-state index contributed by atoms with van der Waals surface area (Å²) in [7, 11) is -3.75. The molecule has 0 radical (unpaired) electrons. The highest BCUT2D eigenvalue weighted by Gasteiger charge is 2.19. The number of aromatic nitrogens is 1. The maximum Gasteiger partial charge on any atom is 0.263 e. The molecule has 4 nitrogen and oxygen atoms in total. The van der Waals surface area contributed by atoms with E-state index in [-0.39, 0.29) is 9.92 Å². The van der Waals surface area contributed by atoms with Gasteiger partial charge in [-0.2, -0.15) is 0 Å². The second-order valence-electron chi connectivity index (χ2n) is 3.87. The largest absolute Gasteiger partial charge is 0.279 e. The summed E-state index contributed by atoms with van der Waals surface area (Å²) in [4.78, 5) is 3.81. The number of sulfonamides is 1. The second-order valence-corrected chi connectivity index (χ2v) is 6.34. The van der Waals surface area contributed by atoms with Gasteiger partial charge < -0.3 is 0 Å². The number of nitrogens with one attached hydrogen (secondary N) is 1. The number of pyridine rings is 1. The van der Waals surface area contributed by atoms with E-state index in [0.717, 1.165) is 0 Å². The van der Waals surface area contributed by atoms with Gasteiger partial charge in [-0.1, -0.05) is 23.2 Å². The topological polar surface area (TPSA) is 59.1 Å². The van der Waals surface area contributed by atoms with Crippen LogP contribution in [-0.4, -0.2) is 13.4 Å². The van der Waals surface area contributed by atoms with E-state index in [1.807, 2.05) is 0 Å². The molecule has 0 amide bonds. The Morgan fingerprint density at radius 3 is 2.37 bits per heavy atom. The number of hydrogen-bond acceptors (Lipinski definition) is 3. The minimum absolute atomic E-state index is 0.00659. The molecule has 1 heterocycles. The fourth-order valence-electron chi connectivity index (χ4n) is 1.47. The third-order valence-electron chi connectivity index (χ3n) is 2.44. The van der Waals surface area contributed by atoms with Crippen molar-refractivity contribution in [1.82, 2.24) is 4.98 Å². The van der Waals surface area contributed by atoms with E-state index in [0.29, 0.717) is 16.3 Å². The fraction of sp³-hybridized carbons (Fsp3) is 0.0833. The van der Waals surface area contributed by atoms with Crippen LogP contribution in [0.15, 0.2) is 41.6 Å². The molecule has 19 heavy (non-hydrogen) atoms. The van der Waals surface area contributed by atoms with Crippen molar-refractivity contribution in [3.8, 4) is 0 Å². The van der Waals surface area contributed by atoms with E-state index < -0.39 is 10.0 Å². The first-order valence-corrected chi connectivity index (χ1v) is 7.52. The van der Waals surface area contributed by atoms with Gasteiger partial charge in [0, 0.05) is 17.4 Å². The summed E-state index contributed by atoms with van der Waals surface area (Å²) < 4.78 is 26.9. The number of hydrogen-bond donors (Lipinski definition) is 1. The molecule has 2 aromatic rings. The van der Waals surface area contributed by atoms with Crippen LogP contribution in [0.1, 0.15) is 5.56 Å². The van der Waals surface area contributed by atoms with Crippen LogP contribution < -0.4 is 4.72 Å². The molecule has 100 valence electrons. The Balaban J connectivity index is 2.43. The molecule has 0 saturated carbocycles. The summed E-state index contributed by atoms with van der Waals surface area (Å²) in [5.41, 5.74) is 1.06. The summed E-state index contributed by atoms with van der Waals surface area (Å²) in [6.45, 7) is 1.71. The quantitative estimate of drug-likeness (QED) is 0.942. The Bertz CT molecular complexity index is 703. The van der Waals surface area contributed by atoms with Crippen molar-refractivity contribution in [3.63, 3.8) is 0 Å². The first-order valence-electron chi connectivity index (χ1n) is 5.28. The molecule has 0 aliphatic carbocycles. The average Bonchev–Trinajstić information content (AvgIpc) is 2.34. The lowest BCUT2D eigenvalue weighted by Gasteiger charge is -2.10. The predicted molar refractivity (Wildman–Crippen MR) is 76.2 cm³/mol. The van der Waals surface area contributed by atoms with Crippen molar-refractivity contribution in [1.29, 1.82) is 0 Å². The highest BCUT2D eigenvalue weighted by atomic mass is 35.5. The highest BCUT2D eigenvalue weighted by molar-refractivity contribution is 7.92. The molecule has 0 fully saturated rings. The number of halogens is 2. The Kier molecular flexibility index (Phi) is 3.99. The van der Waals surface area contributed by atoms with Gasteiger partial charge in [-0.05, 0) is 36.8 Å². The van der Waals surface area contributed by atoms with Gasteiger partial charge >= 0.3 is 0 Å². The molecule has 0 spiro atoms. The molecule has 0 saturated heterocycles. The molecule has 0 atom stereocenters. The molecular weight excluding hydrogens is 307 g/mol. The molecule has 1 aromatic heterocycles. The van der Waals surface area contributed by atoms with Crippen LogP contribution in [-0.2, 0) is 10.0 Å². The van der Waals surface area contributed by atoms with Gasteiger partial charge in [-0.15, -0.1) is 0 Å². The highest BCUT2D eigenvalue weighted by Crippen LogP contribution is 2.29. The maximum absolute atomic E-state index is 12.2. The Morgan fingerprint density at radius 2 is 1.74 bits per heavy atom.